The number of carbonyl (C=O) groups excluding carboxylic acids is 1. The van der Waals surface area contributed by atoms with Gasteiger partial charge >= 0.3 is 5.97 Å². The lowest BCUT2D eigenvalue weighted by atomic mass is 10.2. The third-order valence-corrected chi connectivity index (χ3v) is 1.82. The molecule has 0 N–H and O–H groups in total. The topological polar surface area (TPSA) is 35.5 Å². The van der Waals surface area contributed by atoms with E-state index >= 15 is 0 Å². The number of rotatable bonds is 4. The Morgan fingerprint density at radius 2 is 2.13 bits per heavy atom. The highest BCUT2D eigenvalue weighted by Crippen LogP contribution is 2.25. The molecule has 0 aliphatic carbocycles. The summed E-state index contributed by atoms with van der Waals surface area (Å²) in [4.78, 5) is 11.0. The molecule has 0 saturated carbocycles. The van der Waals surface area contributed by atoms with Gasteiger partial charge in [0, 0.05) is 17.7 Å². The van der Waals surface area contributed by atoms with E-state index in [1.54, 1.807) is 31.4 Å². The van der Waals surface area contributed by atoms with Crippen molar-refractivity contribution in [3.63, 3.8) is 0 Å². The zero-order chi connectivity index (χ0) is 11.3. The highest BCUT2D eigenvalue weighted by Gasteiger charge is 2.06. The van der Waals surface area contributed by atoms with E-state index in [4.69, 9.17) is 9.47 Å². The van der Waals surface area contributed by atoms with Crippen LogP contribution >= 0.6 is 0 Å². The van der Waals surface area contributed by atoms with Crippen LogP contribution in [0.15, 0.2) is 37.4 Å². The molecule has 1 rings (SSSR count). The lowest BCUT2D eigenvalue weighted by Crippen LogP contribution is -2.04. The molecule has 0 aliphatic heterocycles. The van der Waals surface area contributed by atoms with E-state index in [1.807, 2.05) is 0 Å². The molecule has 0 heterocycles. The van der Waals surface area contributed by atoms with Gasteiger partial charge in [0.2, 0.25) is 0 Å². The third-order valence-electron chi connectivity index (χ3n) is 1.82. The van der Waals surface area contributed by atoms with E-state index in [2.05, 4.69) is 13.2 Å². The number of ether oxygens (including phenoxy) is 2. The molecular formula is C12H12O3. The van der Waals surface area contributed by atoms with Crippen LogP contribution in [0, 0.1) is 0 Å². The largest absolute Gasteiger partial charge is 0.497 e. The first-order chi connectivity index (χ1) is 7.21. The van der Waals surface area contributed by atoms with Crippen LogP contribution in [0.3, 0.4) is 0 Å². The Hall–Kier alpha value is -2.03. The van der Waals surface area contributed by atoms with Crippen molar-refractivity contribution < 1.29 is 14.3 Å². The van der Waals surface area contributed by atoms with Gasteiger partial charge in [0.15, 0.2) is 0 Å². The van der Waals surface area contributed by atoms with Crippen molar-refractivity contribution in [1.29, 1.82) is 0 Å². The van der Waals surface area contributed by atoms with Crippen molar-refractivity contribution in [3.8, 4) is 11.5 Å². The van der Waals surface area contributed by atoms with Crippen molar-refractivity contribution in [2.45, 2.75) is 0 Å². The quantitative estimate of drug-likeness (QED) is 0.429. The van der Waals surface area contributed by atoms with Crippen molar-refractivity contribution in [2.75, 3.05) is 7.11 Å². The average Bonchev–Trinajstić information content (AvgIpc) is 2.28. The molecule has 3 nitrogen and oxygen atoms in total. The van der Waals surface area contributed by atoms with Crippen LogP contribution in [0.2, 0.25) is 0 Å². The van der Waals surface area contributed by atoms with Gasteiger partial charge < -0.3 is 9.47 Å². The molecule has 0 radical (unpaired) electrons. The smallest absolute Gasteiger partial charge is 0.335 e. The summed E-state index contributed by atoms with van der Waals surface area (Å²) in [6, 6.07) is 5.15. The zero-order valence-electron chi connectivity index (χ0n) is 8.53. The number of benzene rings is 1. The molecule has 0 spiro atoms. The van der Waals surface area contributed by atoms with Crippen LogP contribution in [0.25, 0.3) is 6.08 Å². The van der Waals surface area contributed by atoms with Crippen LogP contribution in [0.4, 0.5) is 0 Å². The maximum atomic E-state index is 11.0. The third kappa shape index (κ3) is 2.71. The lowest BCUT2D eigenvalue weighted by Gasteiger charge is -2.07. The highest BCUT2D eigenvalue weighted by molar-refractivity contribution is 5.84. The average molecular weight is 204 g/mol. The first-order valence-corrected chi connectivity index (χ1v) is 4.36. The number of hydrogen-bond donors (Lipinski definition) is 0. The Bertz CT molecular complexity index is 394. The molecule has 1 aromatic carbocycles. The molecule has 78 valence electrons. The van der Waals surface area contributed by atoms with E-state index in [0.717, 1.165) is 11.6 Å². The van der Waals surface area contributed by atoms with Gasteiger partial charge in [-0.25, -0.2) is 4.79 Å². The minimum absolute atomic E-state index is 0.411. The molecule has 0 aromatic heterocycles. The van der Waals surface area contributed by atoms with Crippen molar-refractivity contribution in [1.82, 2.24) is 0 Å². The van der Waals surface area contributed by atoms with Crippen LogP contribution in [-0.4, -0.2) is 13.1 Å². The van der Waals surface area contributed by atoms with Crippen molar-refractivity contribution >= 4 is 12.0 Å². The van der Waals surface area contributed by atoms with Gasteiger partial charge in [-0.1, -0.05) is 19.2 Å². The maximum absolute atomic E-state index is 11.0. The molecule has 0 saturated heterocycles. The van der Waals surface area contributed by atoms with Crippen molar-refractivity contribution in [3.05, 3.63) is 43.0 Å². The highest BCUT2D eigenvalue weighted by atomic mass is 16.5. The van der Waals surface area contributed by atoms with Gasteiger partial charge in [-0.3, -0.25) is 0 Å². The normalized spacial score (nSPS) is 9.13. The molecule has 1 aromatic rings. The number of esters is 1. The fourth-order valence-corrected chi connectivity index (χ4v) is 1.05. The molecule has 3 heteroatoms. The van der Waals surface area contributed by atoms with Crippen LogP contribution < -0.4 is 9.47 Å². The Kier molecular flexibility index (Phi) is 3.68. The molecule has 0 unspecified atom stereocenters. The summed E-state index contributed by atoms with van der Waals surface area (Å²) >= 11 is 0. The minimum atomic E-state index is -0.508. The SMILES string of the molecule is C=CC(=O)Oc1cc(OC)ccc1C=C. The maximum Gasteiger partial charge on any atom is 0.335 e. The van der Waals surface area contributed by atoms with Crippen LogP contribution in [0.5, 0.6) is 11.5 Å². The molecule has 0 fully saturated rings. The van der Waals surface area contributed by atoms with Gasteiger partial charge in [0.1, 0.15) is 11.5 Å². The number of carbonyl (C=O) groups is 1. The van der Waals surface area contributed by atoms with Gasteiger partial charge in [-0.15, -0.1) is 0 Å². The lowest BCUT2D eigenvalue weighted by molar-refractivity contribution is -0.128. The Morgan fingerprint density at radius 3 is 2.67 bits per heavy atom. The summed E-state index contributed by atoms with van der Waals surface area (Å²) in [6.07, 6.45) is 2.71. The molecule has 15 heavy (non-hydrogen) atoms. The fraction of sp³-hybridized carbons (Fsp3) is 0.0833. The predicted molar refractivity (Wildman–Crippen MR) is 58.9 cm³/mol. The summed E-state index contributed by atoms with van der Waals surface area (Å²) in [5.74, 6) is 0.521. The second-order valence-corrected chi connectivity index (χ2v) is 2.73. The first-order valence-electron chi connectivity index (χ1n) is 4.36. The standard InChI is InChI=1S/C12H12O3/c1-4-9-6-7-10(14-3)8-11(9)15-12(13)5-2/h4-8H,1-2H2,3H3. The van der Waals surface area contributed by atoms with E-state index in [1.165, 1.54) is 0 Å². The number of hydrogen-bond acceptors (Lipinski definition) is 3. The molecule has 0 bridgehead atoms. The Balaban J connectivity index is 3.05. The fourth-order valence-electron chi connectivity index (χ4n) is 1.05. The van der Waals surface area contributed by atoms with E-state index in [9.17, 15) is 4.79 Å². The Morgan fingerprint density at radius 1 is 1.40 bits per heavy atom. The second-order valence-electron chi connectivity index (χ2n) is 2.73. The van der Waals surface area contributed by atoms with E-state index in [-0.39, 0.29) is 0 Å². The van der Waals surface area contributed by atoms with Gasteiger partial charge in [0.05, 0.1) is 7.11 Å². The molecule has 0 atom stereocenters. The zero-order valence-corrected chi connectivity index (χ0v) is 8.53. The predicted octanol–water partition coefficient (Wildman–Crippen LogP) is 2.43. The van der Waals surface area contributed by atoms with Crippen LogP contribution in [-0.2, 0) is 4.79 Å². The van der Waals surface area contributed by atoms with E-state index < -0.39 is 5.97 Å². The monoisotopic (exact) mass is 204 g/mol. The van der Waals surface area contributed by atoms with E-state index in [0.29, 0.717) is 11.5 Å². The van der Waals surface area contributed by atoms with Gasteiger partial charge in [-0.2, -0.15) is 0 Å². The van der Waals surface area contributed by atoms with Gasteiger partial charge in [-0.05, 0) is 12.1 Å². The Labute approximate surface area is 88.6 Å². The summed E-state index contributed by atoms with van der Waals surface area (Å²) in [5.41, 5.74) is 0.728. The summed E-state index contributed by atoms with van der Waals surface area (Å²) < 4.78 is 10.0. The van der Waals surface area contributed by atoms with Crippen LogP contribution in [0.1, 0.15) is 5.56 Å². The first kappa shape index (κ1) is 11.0. The summed E-state index contributed by atoms with van der Waals surface area (Å²) in [6.45, 7) is 6.95. The number of methoxy groups -OCH3 is 1. The summed E-state index contributed by atoms with van der Waals surface area (Å²) in [7, 11) is 1.54. The minimum Gasteiger partial charge on any atom is -0.497 e. The van der Waals surface area contributed by atoms with Gasteiger partial charge in [0.25, 0.3) is 0 Å². The second kappa shape index (κ2) is 5.00. The molecular weight excluding hydrogens is 192 g/mol. The van der Waals surface area contributed by atoms with Crippen molar-refractivity contribution in [2.24, 2.45) is 0 Å². The summed E-state index contributed by atoms with van der Waals surface area (Å²) in [5, 5.41) is 0. The molecule has 0 aliphatic rings. The molecule has 0 amide bonds.